The Morgan fingerprint density at radius 2 is 1.08 bits per heavy atom. The lowest BCUT2D eigenvalue weighted by Gasteiger charge is -1.85. The van der Waals surface area contributed by atoms with Crippen molar-refractivity contribution in [3.63, 3.8) is 0 Å². The second-order valence-corrected chi connectivity index (χ2v) is 1.97. The minimum absolute atomic E-state index is 0.195. The molecule has 0 aromatic rings. The molecule has 0 aliphatic carbocycles. The first-order valence-electron chi connectivity index (χ1n) is 4.10. The van der Waals surface area contributed by atoms with Crippen molar-refractivity contribution < 1.29 is 10.2 Å². The normalized spacial score (nSPS) is 6.67. The first kappa shape index (κ1) is 17.5. The predicted octanol–water partition coefficient (Wildman–Crippen LogP) is 2.14. The molecule has 0 aromatic carbocycles. The van der Waals surface area contributed by atoms with Crippen LogP contribution in [-0.4, -0.2) is 23.4 Å². The van der Waals surface area contributed by atoms with E-state index in [-0.39, 0.29) is 13.2 Å². The molecule has 0 aliphatic heterocycles. The number of hydrogen-bond donors (Lipinski definition) is 2. The number of aliphatic hydroxyl groups excluding tert-OH is 2. The first-order valence-corrected chi connectivity index (χ1v) is 4.10. The molecule has 0 unspecified atom stereocenters. The molecule has 0 radical (unpaired) electrons. The highest BCUT2D eigenvalue weighted by molar-refractivity contribution is 4.51. The summed E-state index contributed by atoms with van der Waals surface area (Å²) in [5.74, 6) is 0. The summed E-state index contributed by atoms with van der Waals surface area (Å²) in [7, 11) is 0. The largest absolute Gasteiger partial charge is 0.396 e. The molecule has 12 heavy (non-hydrogen) atoms. The van der Waals surface area contributed by atoms with E-state index >= 15 is 0 Å². The van der Waals surface area contributed by atoms with Crippen molar-refractivity contribution in [1.82, 2.24) is 0 Å². The summed E-state index contributed by atoms with van der Waals surface area (Å²) in [4.78, 5) is 0. The summed E-state index contributed by atoms with van der Waals surface area (Å²) in [5.41, 5.74) is 0. The van der Waals surface area contributed by atoms with Crippen molar-refractivity contribution in [3.05, 3.63) is 25.3 Å². The fourth-order valence-electron chi connectivity index (χ4n) is 0.224. The monoisotopic (exact) mass is 174 g/mol. The van der Waals surface area contributed by atoms with Crippen LogP contribution in [0.2, 0.25) is 0 Å². The Bertz CT molecular complexity index is 60.2. The third-order valence-corrected chi connectivity index (χ3v) is 0.566. The van der Waals surface area contributed by atoms with E-state index in [1.807, 2.05) is 13.8 Å². The molecule has 0 aromatic heterocycles. The van der Waals surface area contributed by atoms with Crippen LogP contribution in [0.25, 0.3) is 0 Å². The zero-order chi connectivity index (χ0) is 10.2. The van der Waals surface area contributed by atoms with Crippen LogP contribution in [0.1, 0.15) is 26.7 Å². The van der Waals surface area contributed by atoms with Gasteiger partial charge >= 0.3 is 0 Å². The second kappa shape index (κ2) is 31.5. The molecule has 74 valence electrons. The van der Waals surface area contributed by atoms with Gasteiger partial charge in [-0.05, 0) is 26.7 Å². The SMILES string of the molecule is C=CC.C=CC.OCCCCO. The Hall–Kier alpha value is -0.600. The number of allylic oxidation sites excluding steroid dienone is 2. The van der Waals surface area contributed by atoms with Gasteiger partial charge in [0, 0.05) is 13.2 Å². The molecular formula is C10H22O2. The number of unbranched alkanes of at least 4 members (excludes halogenated alkanes) is 1. The summed E-state index contributed by atoms with van der Waals surface area (Å²) in [6.45, 7) is 10.9. The Balaban J connectivity index is -0.000000115. The topological polar surface area (TPSA) is 40.5 Å². The van der Waals surface area contributed by atoms with E-state index in [4.69, 9.17) is 10.2 Å². The van der Waals surface area contributed by atoms with Crippen LogP contribution in [-0.2, 0) is 0 Å². The molecule has 0 saturated heterocycles. The third kappa shape index (κ3) is 115. The lowest BCUT2D eigenvalue weighted by molar-refractivity contribution is 0.242. The van der Waals surface area contributed by atoms with Gasteiger partial charge in [0.05, 0.1) is 0 Å². The van der Waals surface area contributed by atoms with Crippen molar-refractivity contribution in [1.29, 1.82) is 0 Å². The molecule has 0 saturated carbocycles. The van der Waals surface area contributed by atoms with Crippen LogP contribution in [0.5, 0.6) is 0 Å². The molecule has 2 heteroatoms. The van der Waals surface area contributed by atoms with Gasteiger partial charge in [0.2, 0.25) is 0 Å². The zero-order valence-corrected chi connectivity index (χ0v) is 8.29. The summed E-state index contributed by atoms with van der Waals surface area (Å²) in [5, 5.41) is 16.2. The van der Waals surface area contributed by atoms with Crippen molar-refractivity contribution in [3.8, 4) is 0 Å². The fraction of sp³-hybridized carbons (Fsp3) is 0.600. The average Bonchev–Trinajstić information content (AvgIpc) is 2.04. The quantitative estimate of drug-likeness (QED) is 0.508. The number of hydrogen-bond acceptors (Lipinski definition) is 2. The average molecular weight is 174 g/mol. The maximum atomic E-state index is 8.09. The number of aliphatic hydroxyl groups is 2. The van der Waals surface area contributed by atoms with Gasteiger partial charge in [-0.1, -0.05) is 12.2 Å². The van der Waals surface area contributed by atoms with Gasteiger partial charge in [-0.3, -0.25) is 0 Å². The molecule has 2 N–H and O–H groups in total. The first-order chi connectivity index (χ1) is 5.74. The van der Waals surface area contributed by atoms with Crippen molar-refractivity contribution in [2.45, 2.75) is 26.7 Å². The molecule has 0 atom stereocenters. The van der Waals surface area contributed by atoms with Gasteiger partial charge in [0.1, 0.15) is 0 Å². The van der Waals surface area contributed by atoms with Gasteiger partial charge in [0.25, 0.3) is 0 Å². The van der Waals surface area contributed by atoms with Crippen LogP contribution in [0.15, 0.2) is 25.3 Å². The highest BCUT2D eigenvalue weighted by Gasteiger charge is 1.77. The standard InChI is InChI=1S/C4H10O2.2C3H6/c5-3-1-2-4-6;2*1-3-2/h5-6H,1-4H2;2*3H,1H2,2H3. The van der Waals surface area contributed by atoms with Crippen LogP contribution < -0.4 is 0 Å². The summed E-state index contributed by atoms with van der Waals surface area (Å²) in [6, 6.07) is 0. The maximum absolute atomic E-state index is 8.09. The highest BCUT2D eigenvalue weighted by Crippen LogP contribution is 1.80. The second-order valence-electron chi connectivity index (χ2n) is 1.97. The van der Waals surface area contributed by atoms with Crippen LogP contribution >= 0.6 is 0 Å². The van der Waals surface area contributed by atoms with Crippen LogP contribution in [0.3, 0.4) is 0 Å². The summed E-state index contributed by atoms with van der Waals surface area (Å²) < 4.78 is 0. The molecule has 0 heterocycles. The lowest BCUT2D eigenvalue weighted by Crippen LogP contribution is -1.85. The Kier molecular flexibility index (Phi) is 45.9. The molecule has 0 aliphatic rings. The highest BCUT2D eigenvalue weighted by atomic mass is 16.3. The van der Waals surface area contributed by atoms with Crippen LogP contribution in [0.4, 0.5) is 0 Å². The predicted molar refractivity (Wildman–Crippen MR) is 55.1 cm³/mol. The van der Waals surface area contributed by atoms with Crippen molar-refractivity contribution in [2.24, 2.45) is 0 Å². The van der Waals surface area contributed by atoms with Gasteiger partial charge in [0.15, 0.2) is 0 Å². The maximum Gasteiger partial charge on any atom is 0.0431 e. The van der Waals surface area contributed by atoms with Gasteiger partial charge in [-0.25, -0.2) is 0 Å². The summed E-state index contributed by atoms with van der Waals surface area (Å²) >= 11 is 0. The minimum Gasteiger partial charge on any atom is -0.396 e. The molecule has 0 fully saturated rings. The van der Waals surface area contributed by atoms with E-state index in [9.17, 15) is 0 Å². The van der Waals surface area contributed by atoms with E-state index < -0.39 is 0 Å². The molecule has 0 spiro atoms. The van der Waals surface area contributed by atoms with E-state index in [2.05, 4.69) is 13.2 Å². The summed E-state index contributed by atoms with van der Waals surface area (Å²) in [6.07, 6.45) is 4.94. The fourth-order valence-corrected chi connectivity index (χ4v) is 0.224. The Labute approximate surface area is 76.2 Å². The molecular weight excluding hydrogens is 152 g/mol. The van der Waals surface area contributed by atoms with E-state index in [1.165, 1.54) is 0 Å². The minimum atomic E-state index is 0.195. The Morgan fingerprint density at radius 3 is 1.17 bits per heavy atom. The number of rotatable bonds is 3. The Morgan fingerprint density at radius 1 is 0.917 bits per heavy atom. The molecule has 0 bridgehead atoms. The van der Waals surface area contributed by atoms with E-state index in [1.54, 1.807) is 12.2 Å². The van der Waals surface area contributed by atoms with Gasteiger partial charge < -0.3 is 10.2 Å². The molecule has 2 nitrogen and oxygen atoms in total. The van der Waals surface area contributed by atoms with E-state index in [0.717, 1.165) is 12.8 Å². The van der Waals surface area contributed by atoms with E-state index in [0.29, 0.717) is 0 Å². The van der Waals surface area contributed by atoms with Gasteiger partial charge in [-0.15, -0.1) is 13.2 Å². The van der Waals surface area contributed by atoms with Crippen molar-refractivity contribution >= 4 is 0 Å². The molecule has 0 rings (SSSR count). The molecule has 0 amide bonds. The zero-order valence-electron chi connectivity index (χ0n) is 8.29. The third-order valence-electron chi connectivity index (χ3n) is 0.566. The van der Waals surface area contributed by atoms with Crippen LogP contribution in [0, 0.1) is 0 Å². The van der Waals surface area contributed by atoms with Gasteiger partial charge in [-0.2, -0.15) is 0 Å². The lowest BCUT2D eigenvalue weighted by atomic mass is 10.3. The smallest absolute Gasteiger partial charge is 0.0431 e. The van der Waals surface area contributed by atoms with Crippen molar-refractivity contribution in [2.75, 3.05) is 13.2 Å².